The van der Waals surface area contributed by atoms with Crippen LogP contribution in [0.25, 0.3) is 6.08 Å². The smallest absolute Gasteiger partial charge is 0.265 e. The first-order valence-corrected chi connectivity index (χ1v) is 13.6. The topological polar surface area (TPSA) is 58.6 Å². The molecule has 0 radical (unpaired) electrons. The largest absolute Gasteiger partial charge is 0.494 e. The lowest BCUT2D eigenvalue weighted by Crippen LogP contribution is -2.43. The summed E-state index contributed by atoms with van der Waals surface area (Å²) in [7, 11) is 0. The molecule has 0 spiro atoms. The minimum Gasteiger partial charge on any atom is -0.494 e. The maximum atomic E-state index is 13.4. The second kappa shape index (κ2) is 12.3. The van der Waals surface area contributed by atoms with Gasteiger partial charge in [-0.1, -0.05) is 77.4 Å². The fraction of sp³-hybridized carbons (Fsp3) is 0.241. The minimum atomic E-state index is -0.220. The molecule has 7 heteroatoms. The summed E-state index contributed by atoms with van der Waals surface area (Å²) in [5, 5.41) is 3.03. The number of carbonyl (C=O) groups is 2. The van der Waals surface area contributed by atoms with Crippen LogP contribution in [0.1, 0.15) is 43.9 Å². The van der Waals surface area contributed by atoms with Gasteiger partial charge in [0.15, 0.2) is 0 Å². The predicted molar refractivity (Wildman–Crippen MR) is 150 cm³/mol. The molecule has 0 aliphatic carbocycles. The van der Waals surface area contributed by atoms with Crippen LogP contribution in [0.2, 0.25) is 0 Å². The standard InChI is InChI=1S/C29H29BrN2O3S/c1-3-4-16-35-24-14-12-22(13-15-24)20(2)31-28(33)19-32-25-10-5-6-11-26(25)36-27(29(32)34)18-21-8-7-9-23(30)17-21/h5-15,17-18,20H,3-4,16,19H2,1-2H3,(H,31,33)/b27-18+/t20-/m0/s1. The predicted octanol–water partition coefficient (Wildman–Crippen LogP) is 6.99. The molecule has 2 amide bonds. The Balaban J connectivity index is 1.47. The first-order chi connectivity index (χ1) is 17.4. The van der Waals surface area contributed by atoms with E-state index in [4.69, 9.17) is 4.74 Å². The van der Waals surface area contributed by atoms with Crippen LogP contribution in [-0.2, 0) is 9.59 Å². The fourth-order valence-corrected chi connectivity index (χ4v) is 5.34. The van der Waals surface area contributed by atoms with Gasteiger partial charge in [-0.15, -0.1) is 0 Å². The van der Waals surface area contributed by atoms with Crippen molar-refractivity contribution in [2.24, 2.45) is 0 Å². The average molecular weight is 566 g/mol. The van der Waals surface area contributed by atoms with Crippen molar-refractivity contribution in [3.05, 3.63) is 93.3 Å². The third kappa shape index (κ3) is 6.59. The Morgan fingerprint density at radius 1 is 1.11 bits per heavy atom. The van der Waals surface area contributed by atoms with E-state index in [1.54, 1.807) is 4.90 Å². The molecule has 186 valence electrons. The summed E-state index contributed by atoms with van der Waals surface area (Å²) in [4.78, 5) is 29.6. The van der Waals surface area contributed by atoms with Crippen molar-refractivity contribution < 1.29 is 14.3 Å². The number of halogens is 1. The number of unbranched alkanes of at least 4 members (excludes halogenated alkanes) is 1. The summed E-state index contributed by atoms with van der Waals surface area (Å²) in [6.45, 7) is 4.70. The number of benzene rings is 3. The highest BCUT2D eigenvalue weighted by Crippen LogP contribution is 2.42. The molecule has 1 aliphatic rings. The summed E-state index contributed by atoms with van der Waals surface area (Å²) in [6.07, 6.45) is 3.97. The van der Waals surface area contributed by atoms with Gasteiger partial charge >= 0.3 is 0 Å². The van der Waals surface area contributed by atoms with E-state index in [1.807, 2.05) is 85.8 Å². The molecule has 5 nitrogen and oxygen atoms in total. The zero-order chi connectivity index (χ0) is 25.5. The Kier molecular flexibility index (Phi) is 8.88. The lowest BCUT2D eigenvalue weighted by molar-refractivity contribution is -0.122. The van der Waals surface area contributed by atoms with Gasteiger partial charge in [-0.25, -0.2) is 0 Å². The number of carbonyl (C=O) groups excluding carboxylic acids is 2. The molecule has 1 atom stereocenters. The van der Waals surface area contributed by atoms with Crippen molar-refractivity contribution >= 4 is 51.3 Å². The Morgan fingerprint density at radius 2 is 1.89 bits per heavy atom. The van der Waals surface area contributed by atoms with Gasteiger partial charge in [0.1, 0.15) is 12.3 Å². The molecule has 0 fully saturated rings. The van der Waals surface area contributed by atoms with Gasteiger partial charge in [0, 0.05) is 9.37 Å². The van der Waals surface area contributed by atoms with Crippen LogP contribution in [0.15, 0.2) is 87.1 Å². The zero-order valence-electron chi connectivity index (χ0n) is 20.4. The highest BCUT2D eigenvalue weighted by Gasteiger charge is 2.30. The second-order valence-corrected chi connectivity index (χ2v) is 10.6. The highest BCUT2D eigenvalue weighted by atomic mass is 79.9. The molecule has 0 saturated carbocycles. The second-order valence-electron chi connectivity index (χ2n) is 8.58. The van der Waals surface area contributed by atoms with Gasteiger partial charge < -0.3 is 10.1 Å². The highest BCUT2D eigenvalue weighted by molar-refractivity contribution is 9.10. The Labute approximate surface area is 225 Å². The van der Waals surface area contributed by atoms with Crippen LogP contribution in [0, 0.1) is 0 Å². The summed E-state index contributed by atoms with van der Waals surface area (Å²) < 4.78 is 6.67. The van der Waals surface area contributed by atoms with Gasteiger partial charge in [-0.05, 0) is 66.9 Å². The van der Waals surface area contributed by atoms with E-state index in [0.29, 0.717) is 11.5 Å². The van der Waals surface area contributed by atoms with Crippen LogP contribution in [0.3, 0.4) is 0 Å². The van der Waals surface area contributed by atoms with Gasteiger partial charge in [0.05, 0.1) is 23.2 Å². The summed E-state index contributed by atoms with van der Waals surface area (Å²) in [6, 6.07) is 23.0. The fourth-order valence-electron chi connectivity index (χ4n) is 3.87. The lowest BCUT2D eigenvalue weighted by Gasteiger charge is -2.30. The minimum absolute atomic E-state index is 0.0607. The van der Waals surface area contributed by atoms with E-state index in [2.05, 4.69) is 28.2 Å². The molecule has 0 unspecified atom stereocenters. The monoisotopic (exact) mass is 564 g/mol. The van der Waals surface area contributed by atoms with Crippen LogP contribution >= 0.6 is 27.7 Å². The summed E-state index contributed by atoms with van der Waals surface area (Å²) in [5.41, 5.74) is 2.64. The number of rotatable bonds is 9. The Hall–Kier alpha value is -3.03. The number of nitrogens with one attached hydrogen (secondary N) is 1. The Morgan fingerprint density at radius 3 is 2.64 bits per heavy atom. The van der Waals surface area contributed by atoms with Gasteiger partial charge in [0.2, 0.25) is 5.91 Å². The van der Waals surface area contributed by atoms with Crippen molar-refractivity contribution in [1.29, 1.82) is 0 Å². The first-order valence-electron chi connectivity index (χ1n) is 12.0. The van der Waals surface area contributed by atoms with Crippen LogP contribution < -0.4 is 15.0 Å². The van der Waals surface area contributed by atoms with Crippen molar-refractivity contribution in [2.45, 2.75) is 37.6 Å². The van der Waals surface area contributed by atoms with Gasteiger partial charge in [-0.2, -0.15) is 0 Å². The quantitative estimate of drug-likeness (QED) is 0.225. The summed E-state index contributed by atoms with van der Waals surface area (Å²) >= 11 is 4.91. The van der Waals surface area contributed by atoms with Crippen LogP contribution in [0.5, 0.6) is 5.75 Å². The number of amides is 2. The number of hydrogen-bond acceptors (Lipinski definition) is 4. The third-order valence-corrected chi connectivity index (χ3v) is 7.38. The first kappa shape index (κ1) is 26.0. The summed E-state index contributed by atoms with van der Waals surface area (Å²) in [5.74, 6) is 0.418. The molecule has 1 N–H and O–H groups in total. The van der Waals surface area contributed by atoms with Crippen LogP contribution in [0.4, 0.5) is 5.69 Å². The molecular weight excluding hydrogens is 536 g/mol. The average Bonchev–Trinajstić information content (AvgIpc) is 2.87. The van der Waals surface area contributed by atoms with Crippen LogP contribution in [-0.4, -0.2) is 25.0 Å². The normalized spacial score (nSPS) is 14.9. The zero-order valence-corrected chi connectivity index (χ0v) is 22.8. The maximum Gasteiger partial charge on any atom is 0.265 e. The molecule has 1 heterocycles. The van der Waals surface area contributed by atoms with Crippen molar-refractivity contribution in [3.8, 4) is 5.75 Å². The van der Waals surface area contributed by atoms with E-state index in [-0.39, 0.29) is 24.4 Å². The van der Waals surface area contributed by atoms with E-state index >= 15 is 0 Å². The van der Waals surface area contributed by atoms with E-state index in [9.17, 15) is 9.59 Å². The molecule has 0 saturated heterocycles. The number of hydrogen-bond donors (Lipinski definition) is 1. The molecule has 1 aliphatic heterocycles. The van der Waals surface area contributed by atoms with Crippen molar-refractivity contribution in [2.75, 3.05) is 18.1 Å². The molecule has 3 aromatic carbocycles. The van der Waals surface area contributed by atoms with Crippen molar-refractivity contribution in [3.63, 3.8) is 0 Å². The van der Waals surface area contributed by atoms with Gasteiger partial charge in [-0.3, -0.25) is 14.5 Å². The van der Waals surface area contributed by atoms with E-state index < -0.39 is 0 Å². The number of para-hydroxylation sites is 1. The number of fused-ring (bicyclic) bond motifs is 1. The number of nitrogens with zero attached hydrogens (tertiary/aromatic N) is 1. The number of anilines is 1. The Bertz CT molecular complexity index is 1260. The van der Waals surface area contributed by atoms with E-state index in [1.165, 1.54) is 11.8 Å². The van der Waals surface area contributed by atoms with E-state index in [0.717, 1.165) is 44.8 Å². The van der Waals surface area contributed by atoms with Gasteiger partial charge in [0.25, 0.3) is 5.91 Å². The number of ether oxygens (including phenoxy) is 1. The SMILES string of the molecule is CCCCOc1ccc([C@H](C)NC(=O)CN2C(=O)/C(=C\c3cccc(Br)c3)Sc3ccccc32)cc1. The third-order valence-electron chi connectivity index (χ3n) is 5.80. The molecule has 3 aromatic rings. The molecular formula is C29H29BrN2O3S. The number of thioether (sulfide) groups is 1. The maximum absolute atomic E-state index is 13.4. The molecule has 36 heavy (non-hydrogen) atoms. The lowest BCUT2D eigenvalue weighted by atomic mass is 10.1. The van der Waals surface area contributed by atoms with Crippen molar-refractivity contribution in [1.82, 2.24) is 5.32 Å². The molecule has 0 aromatic heterocycles. The molecule has 4 rings (SSSR count). The molecule has 0 bridgehead atoms.